The van der Waals surface area contributed by atoms with E-state index in [2.05, 4.69) is 5.32 Å². The predicted molar refractivity (Wildman–Crippen MR) is 104 cm³/mol. The van der Waals surface area contributed by atoms with Crippen molar-refractivity contribution in [2.45, 2.75) is 13.8 Å². The molecule has 0 aliphatic rings. The zero-order valence-corrected chi connectivity index (χ0v) is 15.6. The number of nitrogens with zero attached hydrogens (tertiary/aromatic N) is 1. The normalized spacial score (nSPS) is 10.7. The first-order chi connectivity index (χ1) is 13.1. The zero-order valence-electron chi connectivity index (χ0n) is 15.6. The summed E-state index contributed by atoms with van der Waals surface area (Å²) in [5, 5.41) is 12.1. The molecule has 27 heavy (non-hydrogen) atoms. The Morgan fingerprint density at radius 2 is 1.74 bits per heavy atom. The number of hydrogen-bond donors (Lipinski definition) is 1. The van der Waals surface area contributed by atoms with Gasteiger partial charge in [-0.15, -0.1) is 0 Å². The molecule has 140 valence electrons. The summed E-state index contributed by atoms with van der Waals surface area (Å²) in [7, 11) is 1.57. The lowest BCUT2D eigenvalue weighted by molar-refractivity contribution is -0.112. The zero-order chi connectivity index (χ0) is 19.6. The van der Waals surface area contributed by atoms with E-state index >= 15 is 0 Å². The summed E-state index contributed by atoms with van der Waals surface area (Å²) in [6, 6.07) is 14.1. The van der Waals surface area contributed by atoms with Crippen LogP contribution in [0.4, 0.5) is 5.69 Å². The Kier molecular flexibility index (Phi) is 7.26. The largest absolute Gasteiger partial charge is 0.497 e. The summed E-state index contributed by atoms with van der Waals surface area (Å²) in [6.45, 7) is 4.77. The molecule has 0 aromatic heterocycles. The maximum absolute atomic E-state index is 12.4. The number of carbonyl (C=O) groups excluding carboxylic acids is 1. The molecular formula is C21H22N2O4. The average Bonchev–Trinajstić information content (AvgIpc) is 2.68. The summed E-state index contributed by atoms with van der Waals surface area (Å²) in [5.41, 5.74) is 1.23. The summed E-state index contributed by atoms with van der Waals surface area (Å²) < 4.78 is 16.2. The highest BCUT2D eigenvalue weighted by Crippen LogP contribution is 2.29. The highest BCUT2D eigenvalue weighted by atomic mass is 16.5. The van der Waals surface area contributed by atoms with Crippen molar-refractivity contribution in [2.75, 3.05) is 25.6 Å². The van der Waals surface area contributed by atoms with Crippen LogP contribution in [0.2, 0.25) is 0 Å². The van der Waals surface area contributed by atoms with Crippen LogP contribution in [0.1, 0.15) is 19.4 Å². The summed E-state index contributed by atoms with van der Waals surface area (Å²) in [4.78, 5) is 12.4. The Morgan fingerprint density at radius 1 is 1.07 bits per heavy atom. The SMILES string of the molecule is CCOc1ccc(C=C(C#N)C(=O)Nc2ccc(OC)cc2)cc1OCC. The van der Waals surface area contributed by atoms with Gasteiger partial charge in [0, 0.05) is 5.69 Å². The number of nitrogens with one attached hydrogen (secondary N) is 1. The van der Waals surface area contributed by atoms with Crippen molar-refractivity contribution in [3.8, 4) is 23.3 Å². The van der Waals surface area contributed by atoms with Crippen molar-refractivity contribution < 1.29 is 19.0 Å². The van der Waals surface area contributed by atoms with Crippen LogP contribution in [-0.2, 0) is 4.79 Å². The third kappa shape index (κ3) is 5.51. The first-order valence-electron chi connectivity index (χ1n) is 8.58. The van der Waals surface area contributed by atoms with E-state index in [1.807, 2.05) is 19.9 Å². The van der Waals surface area contributed by atoms with Crippen LogP contribution < -0.4 is 19.5 Å². The molecule has 0 unspecified atom stereocenters. The van der Waals surface area contributed by atoms with Crippen LogP contribution in [0, 0.1) is 11.3 Å². The fraction of sp³-hybridized carbons (Fsp3) is 0.238. The van der Waals surface area contributed by atoms with Crippen LogP contribution in [0.15, 0.2) is 48.0 Å². The van der Waals surface area contributed by atoms with Gasteiger partial charge in [-0.2, -0.15) is 5.26 Å². The summed E-state index contributed by atoms with van der Waals surface area (Å²) in [5.74, 6) is 1.38. The quantitative estimate of drug-likeness (QED) is 0.563. The Morgan fingerprint density at radius 3 is 2.33 bits per heavy atom. The number of ether oxygens (including phenoxy) is 3. The average molecular weight is 366 g/mol. The van der Waals surface area contributed by atoms with E-state index in [-0.39, 0.29) is 5.57 Å². The number of rotatable bonds is 8. The van der Waals surface area contributed by atoms with Crippen LogP contribution in [0.25, 0.3) is 6.08 Å². The van der Waals surface area contributed by atoms with Gasteiger partial charge in [0.15, 0.2) is 11.5 Å². The van der Waals surface area contributed by atoms with E-state index in [0.717, 1.165) is 0 Å². The predicted octanol–water partition coefficient (Wildman–Crippen LogP) is 4.04. The smallest absolute Gasteiger partial charge is 0.266 e. The van der Waals surface area contributed by atoms with E-state index in [1.54, 1.807) is 49.6 Å². The molecule has 0 spiro atoms. The lowest BCUT2D eigenvalue weighted by Crippen LogP contribution is -2.13. The second-order valence-corrected chi connectivity index (χ2v) is 5.42. The number of amides is 1. The number of anilines is 1. The Balaban J connectivity index is 2.22. The molecule has 1 N–H and O–H groups in total. The number of carbonyl (C=O) groups is 1. The maximum Gasteiger partial charge on any atom is 0.266 e. The third-order valence-corrected chi connectivity index (χ3v) is 3.59. The van der Waals surface area contributed by atoms with Crippen molar-refractivity contribution in [1.82, 2.24) is 0 Å². The molecule has 0 atom stereocenters. The molecule has 2 aromatic carbocycles. The van der Waals surface area contributed by atoms with Gasteiger partial charge in [0.25, 0.3) is 5.91 Å². The maximum atomic E-state index is 12.4. The van der Waals surface area contributed by atoms with E-state index in [0.29, 0.717) is 41.7 Å². The molecule has 0 fully saturated rings. The molecule has 6 nitrogen and oxygen atoms in total. The molecular weight excluding hydrogens is 344 g/mol. The lowest BCUT2D eigenvalue weighted by atomic mass is 10.1. The Bertz CT molecular complexity index is 851. The van der Waals surface area contributed by atoms with Gasteiger partial charge in [-0.05, 0) is 61.9 Å². The Labute approximate surface area is 159 Å². The van der Waals surface area contributed by atoms with Crippen LogP contribution >= 0.6 is 0 Å². The van der Waals surface area contributed by atoms with Gasteiger partial charge in [0.2, 0.25) is 0 Å². The number of hydrogen-bond acceptors (Lipinski definition) is 5. The number of nitriles is 1. The van der Waals surface area contributed by atoms with Crippen molar-refractivity contribution >= 4 is 17.7 Å². The second kappa shape index (κ2) is 9.88. The molecule has 0 bridgehead atoms. The van der Waals surface area contributed by atoms with Gasteiger partial charge in [0.05, 0.1) is 20.3 Å². The van der Waals surface area contributed by atoms with Gasteiger partial charge >= 0.3 is 0 Å². The van der Waals surface area contributed by atoms with Crippen LogP contribution in [0.5, 0.6) is 17.2 Å². The van der Waals surface area contributed by atoms with Gasteiger partial charge in [-0.3, -0.25) is 4.79 Å². The molecule has 0 aliphatic heterocycles. The third-order valence-electron chi connectivity index (χ3n) is 3.59. The van der Waals surface area contributed by atoms with Crippen LogP contribution in [-0.4, -0.2) is 26.2 Å². The number of methoxy groups -OCH3 is 1. The van der Waals surface area contributed by atoms with Crippen molar-refractivity contribution in [2.24, 2.45) is 0 Å². The molecule has 1 amide bonds. The van der Waals surface area contributed by atoms with Crippen molar-refractivity contribution in [3.05, 3.63) is 53.6 Å². The van der Waals surface area contributed by atoms with Gasteiger partial charge in [0.1, 0.15) is 17.4 Å². The molecule has 0 saturated carbocycles. The second-order valence-electron chi connectivity index (χ2n) is 5.42. The molecule has 0 radical (unpaired) electrons. The van der Waals surface area contributed by atoms with Crippen molar-refractivity contribution in [3.63, 3.8) is 0 Å². The lowest BCUT2D eigenvalue weighted by Gasteiger charge is -2.11. The number of benzene rings is 2. The minimum absolute atomic E-state index is 0.0163. The molecule has 0 saturated heterocycles. The van der Waals surface area contributed by atoms with E-state index in [1.165, 1.54) is 6.08 Å². The standard InChI is InChI=1S/C21H22N2O4/c1-4-26-19-11-6-15(13-20(19)27-5-2)12-16(14-22)21(24)23-17-7-9-18(25-3)10-8-17/h6-13H,4-5H2,1-3H3,(H,23,24). The van der Waals surface area contributed by atoms with Crippen molar-refractivity contribution in [1.29, 1.82) is 5.26 Å². The fourth-order valence-electron chi connectivity index (χ4n) is 2.35. The molecule has 0 heterocycles. The summed E-state index contributed by atoms with van der Waals surface area (Å²) in [6.07, 6.45) is 1.51. The highest BCUT2D eigenvalue weighted by molar-refractivity contribution is 6.09. The monoisotopic (exact) mass is 366 g/mol. The highest BCUT2D eigenvalue weighted by Gasteiger charge is 2.11. The molecule has 2 rings (SSSR count). The van der Waals surface area contributed by atoms with E-state index < -0.39 is 5.91 Å². The van der Waals surface area contributed by atoms with Gasteiger partial charge in [-0.1, -0.05) is 6.07 Å². The Hall–Kier alpha value is -3.46. The molecule has 0 aliphatic carbocycles. The molecule has 6 heteroatoms. The topological polar surface area (TPSA) is 80.6 Å². The molecule has 2 aromatic rings. The minimum Gasteiger partial charge on any atom is -0.497 e. The first-order valence-corrected chi connectivity index (χ1v) is 8.58. The minimum atomic E-state index is -0.491. The van der Waals surface area contributed by atoms with Gasteiger partial charge in [-0.25, -0.2) is 0 Å². The fourth-order valence-corrected chi connectivity index (χ4v) is 2.35. The summed E-state index contributed by atoms with van der Waals surface area (Å²) >= 11 is 0. The first kappa shape index (κ1) is 19.9. The van der Waals surface area contributed by atoms with E-state index in [4.69, 9.17) is 14.2 Å². The van der Waals surface area contributed by atoms with E-state index in [9.17, 15) is 10.1 Å². The van der Waals surface area contributed by atoms with Crippen LogP contribution in [0.3, 0.4) is 0 Å². The van der Waals surface area contributed by atoms with Gasteiger partial charge < -0.3 is 19.5 Å².